The van der Waals surface area contributed by atoms with Crippen molar-refractivity contribution in [1.82, 2.24) is 0 Å². The number of benzene rings is 1. The molecule has 0 N–H and O–H groups in total. The Morgan fingerprint density at radius 3 is 2.69 bits per heavy atom. The van der Waals surface area contributed by atoms with Crippen molar-refractivity contribution in [3.8, 4) is 6.07 Å². The molecule has 0 fully saturated rings. The SMILES string of the molecule is COC/C(=C/C#N)c1ccccc1. The van der Waals surface area contributed by atoms with Crippen LogP contribution in [0.15, 0.2) is 36.4 Å². The van der Waals surface area contributed by atoms with Crippen LogP contribution in [0.3, 0.4) is 0 Å². The van der Waals surface area contributed by atoms with Crippen LogP contribution in [0.1, 0.15) is 5.56 Å². The summed E-state index contributed by atoms with van der Waals surface area (Å²) in [4.78, 5) is 0. The van der Waals surface area contributed by atoms with Crippen molar-refractivity contribution < 1.29 is 4.74 Å². The van der Waals surface area contributed by atoms with Crippen molar-refractivity contribution >= 4 is 5.57 Å². The molecule has 0 aliphatic heterocycles. The highest BCUT2D eigenvalue weighted by Crippen LogP contribution is 2.13. The third-order valence-corrected chi connectivity index (χ3v) is 1.68. The van der Waals surface area contributed by atoms with Crippen LogP contribution in [0.4, 0.5) is 0 Å². The molecule has 0 atom stereocenters. The molecular weight excluding hydrogens is 162 g/mol. The Bertz CT molecular complexity index is 322. The van der Waals surface area contributed by atoms with E-state index in [1.54, 1.807) is 7.11 Å². The molecule has 2 heteroatoms. The molecule has 13 heavy (non-hydrogen) atoms. The van der Waals surface area contributed by atoms with Crippen LogP contribution >= 0.6 is 0 Å². The van der Waals surface area contributed by atoms with Gasteiger partial charge in [0.25, 0.3) is 0 Å². The monoisotopic (exact) mass is 173 g/mol. The first-order valence-corrected chi connectivity index (χ1v) is 4.01. The molecule has 1 rings (SSSR count). The number of methoxy groups -OCH3 is 1. The van der Waals surface area contributed by atoms with Gasteiger partial charge in [0.1, 0.15) is 0 Å². The molecule has 0 heterocycles. The predicted octanol–water partition coefficient (Wildman–Crippen LogP) is 2.24. The topological polar surface area (TPSA) is 33.0 Å². The number of ether oxygens (including phenoxy) is 1. The normalized spacial score (nSPS) is 10.9. The van der Waals surface area contributed by atoms with E-state index in [0.717, 1.165) is 11.1 Å². The van der Waals surface area contributed by atoms with Crippen LogP contribution in [0.5, 0.6) is 0 Å². The van der Waals surface area contributed by atoms with Crippen molar-refractivity contribution in [2.45, 2.75) is 0 Å². The largest absolute Gasteiger partial charge is 0.380 e. The number of allylic oxidation sites excluding steroid dienone is 1. The summed E-state index contributed by atoms with van der Waals surface area (Å²) < 4.78 is 4.99. The Kier molecular flexibility index (Phi) is 3.74. The summed E-state index contributed by atoms with van der Waals surface area (Å²) >= 11 is 0. The molecule has 0 aliphatic rings. The average molecular weight is 173 g/mol. The van der Waals surface area contributed by atoms with E-state index in [4.69, 9.17) is 10.00 Å². The van der Waals surface area contributed by atoms with E-state index >= 15 is 0 Å². The Morgan fingerprint density at radius 2 is 2.15 bits per heavy atom. The minimum Gasteiger partial charge on any atom is -0.380 e. The van der Waals surface area contributed by atoms with E-state index in [1.807, 2.05) is 36.4 Å². The first-order valence-electron chi connectivity index (χ1n) is 4.01. The molecule has 0 radical (unpaired) electrons. The van der Waals surface area contributed by atoms with Gasteiger partial charge in [-0.05, 0) is 11.1 Å². The quantitative estimate of drug-likeness (QED) is 0.657. The van der Waals surface area contributed by atoms with Gasteiger partial charge in [-0.15, -0.1) is 0 Å². The number of nitriles is 1. The molecule has 1 aromatic rings. The van der Waals surface area contributed by atoms with Gasteiger partial charge in [-0.2, -0.15) is 5.26 Å². The maximum Gasteiger partial charge on any atom is 0.0916 e. The maximum atomic E-state index is 8.54. The van der Waals surface area contributed by atoms with Gasteiger partial charge < -0.3 is 4.74 Å². The summed E-state index contributed by atoms with van der Waals surface area (Å²) in [5.74, 6) is 0. The molecular formula is C11H11NO. The molecule has 0 bridgehead atoms. The average Bonchev–Trinajstić information content (AvgIpc) is 2.19. The number of nitrogens with zero attached hydrogens (tertiary/aromatic N) is 1. The van der Waals surface area contributed by atoms with Crippen LogP contribution in [0.2, 0.25) is 0 Å². The van der Waals surface area contributed by atoms with Crippen molar-refractivity contribution in [3.63, 3.8) is 0 Å². The number of hydrogen-bond donors (Lipinski definition) is 0. The molecule has 1 aromatic carbocycles. The van der Waals surface area contributed by atoms with Gasteiger partial charge in [-0.25, -0.2) is 0 Å². The Hall–Kier alpha value is -1.59. The van der Waals surface area contributed by atoms with Crippen LogP contribution in [-0.4, -0.2) is 13.7 Å². The fourth-order valence-corrected chi connectivity index (χ4v) is 1.09. The molecule has 0 amide bonds. The summed E-state index contributed by atoms with van der Waals surface area (Å²) in [7, 11) is 1.62. The van der Waals surface area contributed by atoms with E-state index in [2.05, 4.69) is 0 Å². The second-order valence-electron chi connectivity index (χ2n) is 2.60. The molecule has 0 saturated carbocycles. The Balaban J connectivity index is 2.91. The lowest BCUT2D eigenvalue weighted by Gasteiger charge is -2.03. The predicted molar refractivity (Wildman–Crippen MR) is 51.9 cm³/mol. The fourth-order valence-electron chi connectivity index (χ4n) is 1.09. The molecule has 2 nitrogen and oxygen atoms in total. The third kappa shape index (κ3) is 2.73. The highest BCUT2D eigenvalue weighted by atomic mass is 16.5. The fraction of sp³-hybridized carbons (Fsp3) is 0.182. The van der Waals surface area contributed by atoms with Gasteiger partial charge in [0.2, 0.25) is 0 Å². The van der Waals surface area contributed by atoms with Crippen LogP contribution < -0.4 is 0 Å². The summed E-state index contributed by atoms with van der Waals surface area (Å²) in [5.41, 5.74) is 1.94. The highest BCUT2D eigenvalue weighted by molar-refractivity contribution is 5.68. The van der Waals surface area contributed by atoms with Gasteiger partial charge in [0.15, 0.2) is 0 Å². The van der Waals surface area contributed by atoms with Gasteiger partial charge in [0, 0.05) is 13.2 Å². The standard InChI is InChI=1S/C11H11NO/c1-13-9-11(7-8-12)10-5-3-2-4-6-10/h2-7H,9H2,1H3/b11-7-. The second-order valence-corrected chi connectivity index (χ2v) is 2.60. The maximum absolute atomic E-state index is 8.54. The minimum absolute atomic E-state index is 0.470. The van der Waals surface area contributed by atoms with Crippen molar-refractivity contribution in [1.29, 1.82) is 5.26 Å². The first-order chi connectivity index (χ1) is 6.38. The van der Waals surface area contributed by atoms with E-state index in [0.29, 0.717) is 6.61 Å². The van der Waals surface area contributed by atoms with Crippen LogP contribution in [-0.2, 0) is 4.74 Å². The zero-order valence-electron chi connectivity index (χ0n) is 7.53. The van der Waals surface area contributed by atoms with Crippen LogP contribution in [0, 0.1) is 11.3 Å². The van der Waals surface area contributed by atoms with Gasteiger partial charge in [-0.1, -0.05) is 30.3 Å². The second kappa shape index (κ2) is 5.13. The molecule has 0 unspecified atom stereocenters. The zero-order chi connectivity index (χ0) is 9.52. The lowest BCUT2D eigenvalue weighted by atomic mass is 10.1. The summed E-state index contributed by atoms with van der Waals surface area (Å²) in [6, 6.07) is 11.8. The minimum atomic E-state index is 0.470. The van der Waals surface area contributed by atoms with Crippen molar-refractivity contribution in [2.24, 2.45) is 0 Å². The molecule has 0 aromatic heterocycles. The molecule has 0 saturated heterocycles. The lowest BCUT2D eigenvalue weighted by Crippen LogP contribution is -1.93. The van der Waals surface area contributed by atoms with Crippen LogP contribution in [0.25, 0.3) is 5.57 Å². The lowest BCUT2D eigenvalue weighted by molar-refractivity contribution is 0.239. The zero-order valence-corrected chi connectivity index (χ0v) is 7.53. The molecule has 0 spiro atoms. The Morgan fingerprint density at radius 1 is 1.46 bits per heavy atom. The third-order valence-electron chi connectivity index (χ3n) is 1.68. The van der Waals surface area contributed by atoms with Crippen molar-refractivity contribution in [3.05, 3.63) is 42.0 Å². The van der Waals surface area contributed by atoms with E-state index < -0.39 is 0 Å². The van der Waals surface area contributed by atoms with E-state index in [9.17, 15) is 0 Å². The molecule has 66 valence electrons. The van der Waals surface area contributed by atoms with E-state index in [-0.39, 0.29) is 0 Å². The smallest absolute Gasteiger partial charge is 0.0916 e. The Labute approximate surface area is 78.1 Å². The van der Waals surface area contributed by atoms with Gasteiger partial charge in [-0.3, -0.25) is 0 Å². The summed E-state index contributed by atoms with van der Waals surface area (Å²) in [6.07, 6.45) is 1.51. The van der Waals surface area contributed by atoms with Gasteiger partial charge in [0.05, 0.1) is 12.7 Å². The molecule has 0 aliphatic carbocycles. The summed E-state index contributed by atoms with van der Waals surface area (Å²) in [6.45, 7) is 0.470. The van der Waals surface area contributed by atoms with Crippen molar-refractivity contribution in [2.75, 3.05) is 13.7 Å². The number of hydrogen-bond acceptors (Lipinski definition) is 2. The van der Waals surface area contributed by atoms with E-state index in [1.165, 1.54) is 6.08 Å². The van der Waals surface area contributed by atoms with Gasteiger partial charge >= 0.3 is 0 Å². The summed E-state index contributed by atoms with van der Waals surface area (Å²) in [5, 5.41) is 8.54. The first kappa shape index (κ1) is 9.50. The number of rotatable bonds is 3. The highest BCUT2D eigenvalue weighted by Gasteiger charge is 1.98.